The quantitative estimate of drug-likeness (QED) is 0.843. The molecule has 0 saturated heterocycles. The maximum Gasteiger partial charge on any atom is 0.337 e. The molecule has 106 valence electrons. The number of esters is 1. The standard InChI is InChI=1S/C16H18FNO2/c1-20-16(19)10-6-7-12-13(9-18-15(12)8-10)11-4-2-3-5-14(11)17/h6-9,11,14,18H,2-5H2,1H3/t11-,14+/m1/s1. The Balaban J connectivity index is 1.99. The third-order valence-corrected chi connectivity index (χ3v) is 4.22. The van der Waals surface area contributed by atoms with Crippen molar-refractivity contribution in [1.82, 2.24) is 4.98 Å². The van der Waals surface area contributed by atoms with Crippen LogP contribution in [0.2, 0.25) is 0 Å². The van der Waals surface area contributed by atoms with E-state index in [4.69, 9.17) is 4.74 Å². The first-order valence-electron chi connectivity index (χ1n) is 7.04. The van der Waals surface area contributed by atoms with Crippen molar-refractivity contribution in [2.45, 2.75) is 37.8 Å². The number of benzene rings is 1. The van der Waals surface area contributed by atoms with Gasteiger partial charge in [0.25, 0.3) is 0 Å². The van der Waals surface area contributed by atoms with Gasteiger partial charge < -0.3 is 9.72 Å². The molecule has 2 atom stereocenters. The molecular weight excluding hydrogens is 257 g/mol. The van der Waals surface area contributed by atoms with Crippen molar-refractivity contribution in [2.24, 2.45) is 0 Å². The van der Waals surface area contributed by atoms with E-state index in [0.717, 1.165) is 35.7 Å². The van der Waals surface area contributed by atoms with Crippen molar-refractivity contribution in [3.05, 3.63) is 35.5 Å². The van der Waals surface area contributed by atoms with Crippen molar-refractivity contribution < 1.29 is 13.9 Å². The van der Waals surface area contributed by atoms with Gasteiger partial charge in [0.05, 0.1) is 12.7 Å². The van der Waals surface area contributed by atoms with Gasteiger partial charge in [-0.15, -0.1) is 0 Å². The number of carbonyl (C=O) groups excluding carboxylic acids is 1. The summed E-state index contributed by atoms with van der Waals surface area (Å²) in [6, 6.07) is 5.39. The molecule has 3 rings (SSSR count). The van der Waals surface area contributed by atoms with E-state index in [9.17, 15) is 9.18 Å². The number of rotatable bonds is 2. The largest absolute Gasteiger partial charge is 0.465 e. The van der Waals surface area contributed by atoms with Gasteiger partial charge in [-0.3, -0.25) is 0 Å². The number of carbonyl (C=O) groups is 1. The molecular formula is C16H18FNO2. The molecule has 3 nitrogen and oxygen atoms in total. The third-order valence-electron chi connectivity index (χ3n) is 4.22. The number of ether oxygens (including phenoxy) is 1. The van der Waals surface area contributed by atoms with Crippen LogP contribution in [0.1, 0.15) is 47.5 Å². The zero-order valence-corrected chi connectivity index (χ0v) is 11.5. The van der Waals surface area contributed by atoms with Crippen molar-refractivity contribution in [1.29, 1.82) is 0 Å². The Morgan fingerprint density at radius 3 is 2.90 bits per heavy atom. The Morgan fingerprint density at radius 1 is 1.35 bits per heavy atom. The van der Waals surface area contributed by atoms with Crippen LogP contribution >= 0.6 is 0 Å². The van der Waals surface area contributed by atoms with E-state index in [1.807, 2.05) is 12.3 Å². The van der Waals surface area contributed by atoms with Crippen molar-refractivity contribution >= 4 is 16.9 Å². The molecule has 0 bridgehead atoms. The van der Waals surface area contributed by atoms with E-state index in [-0.39, 0.29) is 11.9 Å². The first-order chi connectivity index (χ1) is 9.70. The highest BCUT2D eigenvalue weighted by molar-refractivity contribution is 5.95. The van der Waals surface area contributed by atoms with Gasteiger partial charge in [-0.25, -0.2) is 9.18 Å². The number of halogens is 1. The summed E-state index contributed by atoms with van der Waals surface area (Å²) < 4.78 is 18.8. The second-order valence-electron chi connectivity index (χ2n) is 5.40. The molecule has 0 unspecified atom stereocenters. The highest BCUT2D eigenvalue weighted by Gasteiger charge is 2.28. The number of hydrogen-bond acceptors (Lipinski definition) is 2. The summed E-state index contributed by atoms with van der Waals surface area (Å²) in [6.45, 7) is 0. The van der Waals surface area contributed by atoms with Crippen molar-refractivity contribution in [3.8, 4) is 0 Å². The van der Waals surface area contributed by atoms with Crippen LogP contribution in [0.5, 0.6) is 0 Å². The van der Waals surface area contributed by atoms with Crippen LogP contribution in [0.25, 0.3) is 10.9 Å². The van der Waals surface area contributed by atoms with Gasteiger partial charge in [0, 0.05) is 23.0 Å². The zero-order valence-electron chi connectivity index (χ0n) is 11.5. The molecule has 1 aliphatic rings. The van der Waals surface area contributed by atoms with Gasteiger partial charge in [-0.1, -0.05) is 18.9 Å². The molecule has 1 heterocycles. The van der Waals surface area contributed by atoms with Crippen molar-refractivity contribution in [3.63, 3.8) is 0 Å². The number of aromatic amines is 1. The highest BCUT2D eigenvalue weighted by Crippen LogP contribution is 2.38. The zero-order chi connectivity index (χ0) is 14.1. The van der Waals surface area contributed by atoms with E-state index < -0.39 is 6.17 Å². The minimum atomic E-state index is -0.761. The summed E-state index contributed by atoms with van der Waals surface area (Å²) in [5.41, 5.74) is 2.40. The number of alkyl halides is 1. The van der Waals surface area contributed by atoms with Crippen LogP contribution in [0.3, 0.4) is 0 Å². The summed E-state index contributed by atoms with van der Waals surface area (Å²) in [5.74, 6) is -0.384. The molecule has 0 spiro atoms. The summed E-state index contributed by atoms with van der Waals surface area (Å²) in [6.07, 6.45) is 4.73. The maximum atomic E-state index is 14.1. The molecule has 2 aromatic rings. The lowest BCUT2D eigenvalue weighted by Crippen LogP contribution is -2.18. The van der Waals surface area contributed by atoms with Crippen LogP contribution < -0.4 is 0 Å². The van der Waals surface area contributed by atoms with E-state index in [0.29, 0.717) is 12.0 Å². The minimum absolute atomic E-state index is 0.0264. The second kappa shape index (κ2) is 5.27. The lowest BCUT2D eigenvalue weighted by molar-refractivity contribution is 0.0601. The predicted octanol–water partition coefficient (Wildman–Crippen LogP) is 3.95. The monoisotopic (exact) mass is 275 g/mol. The number of methoxy groups -OCH3 is 1. The fourth-order valence-electron chi connectivity index (χ4n) is 3.14. The number of fused-ring (bicyclic) bond motifs is 1. The molecule has 1 aromatic heterocycles. The molecule has 1 aromatic carbocycles. The number of nitrogens with one attached hydrogen (secondary N) is 1. The van der Waals surface area contributed by atoms with Gasteiger partial charge >= 0.3 is 5.97 Å². The SMILES string of the molecule is COC(=O)c1ccc2c([C@H]3CCCC[C@@H]3F)c[nH]c2c1. The van der Waals surface area contributed by atoms with Gasteiger partial charge in [-0.05, 0) is 30.5 Å². The lowest BCUT2D eigenvalue weighted by Gasteiger charge is -2.25. The molecule has 20 heavy (non-hydrogen) atoms. The fourth-order valence-corrected chi connectivity index (χ4v) is 3.14. The number of H-pyrrole nitrogens is 1. The van der Waals surface area contributed by atoms with E-state index >= 15 is 0 Å². The molecule has 0 radical (unpaired) electrons. The highest BCUT2D eigenvalue weighted by atomic mass is 19.1. The minimum Gasteiger partial charge on any atom is -0.465 e. The molecule has 1 fully saturated rings. The predicted molar refractivity (Wildman–Crippen MR) is 75.7 cm³/mol. The molecule has 4 heteroatoms. The molecule has 1 N–H and O–H groups in total. The molecule has 1 aliphatic carbocycles. The van der Waals surface area contributed by atoms with E-state index in [1.54, 1.807) is 12.1 Å². The molecule has 1 saturated carbocycles. The van der Waals surface area contributed by atoms with Crippen LogP contribution in [0.15, 0.2) is 24.4 Å². The lowest BCUT2D eigenvalue weighted by atomic mass is 9.82. The Hall–Kier alpha value is -1.84. The van der Waals surface area contributed by atoms with Crippen molar-refractivity contribution in [2.75, 3.05) is 7.11 Å². The molecule has 0 aliphatic heterocycles. The Labute approximate surface area is 117 Å². The Morgan fingerprint density at radius 2 is 2.15 bits per heavy atom. The first-order valence-corrected chi connectivity index (χ1v) is 7.04. The van der Waals surface area contributed by atoms with Crippen LogP contribution in [-0.4, -0.2) is 24.2 Å². The summed E-state index contributed by atoms with van der Waals surface area (Å²) in [5, 5.41) is 1.01. The average molecular weight is 275 g/mol. The topological polar surface area (TPSA) is 42.1 Å². The Bertz CT molecular complexity index is 634. The van der Waals surface area contributed by atoms with E-state index in [1.165, 1.54) is 7.11 Å². The number of hydrogen-bond donors (Lipinski definition) is 1. The average Bonchev–Trinajstić information content (AvgIpc) is 2.90. The number of aromatic nitrogens is 1. The van der Waals surface area contributed by atoms with Gasteiger partial charge in [0.1, 0.15) is 6.17 Å². The Kier molecular flexibility index (Phi) is 3.47. The van der Waals surface area contributed by atoms with Gasteiger partial charge in [0.15, 0.2) is 0 Å². The van der Waals surface area contributed by atoms with Crippen LogP contribution in [0, 0.1) is 0 Å². The summed E-state index contributed by atoms with van der Waals surface area (Å²) in [7, 11) is 1.36. The molecule has 0 amide bonds. The summed E-state index contributed by atoms with van der Waals surface area (Å²) in [4.78, 5) is 14.7. The first kappa shape index (κ1) is 13.2. The summed E-state index contributed by atoms with van der Waals surface area (Å²) >= 11 is 0. The normalized spacial score (nSPS) is 22.9. The van der Waals surface area contributed by atoms with Crippen LogP contribution in [0.4, 0.5) is 4.39 Å². The van der Waals surface area contributed by atoms with Crippen LogP contribution in [-0.2, 0) is 4.74 Å². The smallest absolute Gasteiger partial charge is 0.337 e. The maximum absolute atomic E-state index is 14.1. The fraction of sp³-hybridized carbons (Fsp3) is 0.438. The van der Waals surface area contributed by atoms with Gasteiger partial charge in [0.2, 0.25) is 0 Å². The van der Waals surface area contributed by atoms with Gasteiger partial charge in [-0.2, -0.15) is 0 Å². The van der Waals surface area contributed by atoms with E-state index in [2.05, 4.69) is 4.98 Å². The third kappa shape index (κ3) is 2.19. The second-order valence-corrected chi connectivity index (χ2v) is 5.40.